The topological polar surface area (TPSA) is 41.1 Å². The second kappa shape index (κ2) is 5.14. The number of likely N-dealkylation sites (N-methyl/N-ethyl adjacent to an activating group) is 1. The van der Waals surface area contributed by atoms with Crippen LogP contribution in [0.1, 0.15) is 32.6 Å². The molecular formula is C9H18N2O. The van der Waals surface area contributed by atoms with Gasteiger partial charge in [0.2, 0.25) is 5.91 Å². The minimum absolute atomic E-state index is 0.115. The Balaban J connectivity index is 2.03. The highest BCUT2D eigenvalue weighted by molar-refractivity contribution is 5.77. The Morgan fingerprint density at radius 1 is 1.42 bits per heavy atom. The van der Waals surface area contributed by atoms with E-state index < -0.39 is 0 Å². The van der Waals surface area contributed by atoms with Crippen LogP contribution in [0.5, 0.6) is 0 Å². The number of amides is 1. The molecule has 0 aromatic heterocycles. The number of carbonyl (C=O) groups excluding carboxylic acids is 1. The van der Waals surface area contributed by atoms with Crippen LogP contribution in [0.25, 0.3) is 0 Å². The molecule has 3 nitrogen and oxygen atoms in total. The van der Waals surface area contributed by atoms with Crippen LogP contribution >= 0.6 is 0 Å². The first-order chi connectivity index (χ1) is 5.83. The van der Waals surface area contributed by atoms with Crippen molar-refractivity contribution in [3.63, 3.8) is 0 Å². The first-order valence-electron chi connectivity index (χ1n) is 4.83. The fraction of sp³-hybridized carbons (Fsp3) is 0.889. The molecule has 1 fully saturated rings. The van der Waals surface area contributed by atoms with Gasteiger partial charge in [-0.1, -0.05) is 12.8 Å². The molecule has 0 bridgehead atoms. The molecule has 0 heterocycles. The number of hydrogen-bond acceptors (Lipinski definition) is 2. The molecule has 12 heavy (non-hydrogen) atoms. The molecule has 1 aliphatic rings. The molecule has 0 aliphatic heterocycles. The quantitative estimate of drug-likeness (QED) is 0.650. The molecule has 2 N–H and O–H groups in total. The van der Waals surface area contributed by atoms with Crippen molar-refractivity contribution in [2.45, 2.75) is 38.6 Å². The lowest BCUT2D eigenvalue weighted by atomic mass is 10.2. The van der Waals surface area contributed by atoms with E-state index in [1.807, 2.05) is 6.92 Å². The maximum Gasteiger partial charge on any atom is 0.233 e. The highest BCUT2D eigenvalue weighted by Gasteiger charge is 2.14. The van der Waals surface area contributed by atoms with Crippen LogP contribution in [0.4, 0.5) is 0 Å². The van der Waals surface area contributed by atoms with Gasteiger partial charge < -0.3 is 10.6 Å². The number of carbonyl (C=O) groups is 1. The standard InChI is InChI=1S/C9H18N2O/c1-2-10-9(12)7-11-8-5-3-4-6-8/h8,11H,2-7H2,1H3,(H,10,12). The monoisotopic (exact) mass is 170 g/mol. The highest BCUT2D eigenvalue weighted by Crippen LogP contribution is 2.16. The zero-order chi connectivity index (χ0) is 8.81. The number of hydrogen-bond donors (Lipinski definition) is 2. The van der Waals surface area contributed by atoms with Crippen molar-refractivity contribution < 1.29 is 4.79 Å². The summed E-state index contributed by atoms with van der Waals surface area (Å²) in [5.74, 6) is 0.115. The van der Waals surface area contributed by atoms with Crippen molar-refractivity contribution >= 4 is 5.91 Å². The van der Waals surface area contributed by atoms with Gasteiger partial charge in [-0.25, -0.2) is 0 Å². The van der Waals surface area contributed by atoms with Crippen LogP contribution in [0.2, 0.25) is 0 Å². The van der Waals surface area contributed by atoms with Crippen LogP contribution in [0, 0.1) is 0 Å². The highest BCUT2D eigenvalue weighted by atomic mass is 16.1. The van der Waals surface area contributed by atoms with Crippen molar-refractivity contribution in [1.29, 1.82) is 0 Å². The van der Waals surface area contributed by atoms with Crippen molar-refractivity contribution in [3.8, 4) is 0 Å². The second-order valence-electron chi connectivity index (χ2n) is 3.32. The van der Waals surface area contributed by atoms with Gasteiger partial charge in [-0.05, 0) is 19.8 Å². The molecule has 0 aromatic carbocycles. The minimum atomic E-state index is 0.115. The second-order valence-corrected chi connectivity index (χ2v) is 3.32. The Labute approximate surface area is 73.9 Å². The average molecular weight is 170 g/mol. The van der Waals surface area contributed by atoms with Crippen molar-refractivity contribution in [3.05, 3.63) is 0 Å². The molecule has 0 spiro atoms. The molecule has 3 heteroatoms. The third kappa shape index (κ3) is 3.22. The summed E-state index contributed by atoms with van der Waals surface area (Å²) >= 11 is 0. The lowest BCUT2D eigenvalue weighted by Gasteiger charge is -2.10. The summed E-state index contributed by atoms with van der Waals surface area (Å²) in [4.78, 5) is 11.0. The van der Waals surface area contributed by atoms with E-state index in [1.165, 1.54) is 25.7 Å². The van der Waals surface area contributed by atoms with E-state index in [-0.39, 0.29) is 5.91 Å². The third-order valence-corrected chi connectivity index (χ3v) is 2.28. The Hall–Kier alpha value is -0.570. The van der Waals surface area contributed by atoms with E-state index in [0.29, 0.717) is 12.6 Å². The molecule has 1 amide bonds. The largest absolute Gasteiger partial charge is 0.355 e. The maximum atomic E-state index is 11.0. The molecule has 0 aromatic rings. The Morgan fingerprint density at radius 3 is 2.67 bits per heavy atom. The summed E-state index contributed by atoms with van der Waals surface area (Å²) in [7, 11) is 0. The van der Waals surface area contributed by atoms with E-state index in [2.05, 4.69) is 10.6 Å². The van der Waals surface area contributed by atoms with Gasteiger partial charge in [0.05, 0.1) is 6.54 Å². The van der Waals surface area contributed by atoms with Gasteiger partial charge in [0.1, 0.15) is 0 Å². The zero-order valence-electron chi connectivity index (χ0n) is 7.73. The van der Waals surface area contributed by atoms with Crippen LogP contribution in [0.3, 0.4) is 0 Å². The minimum Gasteiger partial charge on any atom is -0.355 e. The van der Waals surface area contributed by atoms with E-state index in [0.717, 1.165) is 6.54 Å². The smallest absolute Gasteiger partial charge is 0.233 e. The normalized spacial score (nSPS) is 18.1. The molecule has 1 saturated carbocycles. The molecular weight excluding hydrogens is 152 g/mol. The fourth-order valence-corrected chi connectivity index (χ4v) is 1.63. The lowest BCUT2D eigenvalue weighted by molar-refractivity contribution is -0.120. The Bertz CT molecular complexity index is 141. The molecule has 0 radical (unpaired) electrons. The molecule has 0 atom stereocenters. The third-order valence-electron chi connectivity index (χ3n) is 2.28. The van der Waals surface area contributed by atoms with E-state index in [1.54, 1.807) is 0 Å². The summed E-state index contributed by atoms with van der Waals surface area (Å²) in [6.07, 6.45) is 5.10. The van der Waals surface area contributed by atoms with Gasteiger partial charge >= 0.3 is 0 Å². The van der Waals surface area contributed by atoms with Crippen LogP contribution in [0.15, 0.2) is 0 Å². The zero-order valence-corrected chi connectivity index (χ0v) is 7.73. The molecule has 70 valence electrons. The van der Waals surface area contributed by atoms with E-state index in [9.17, 15) is 4.79 Å². The van der Waals surface area contributed by atoms with Crippen molar-refractivity contribution in [2.24, 2.45) is 0 Å². The van der Waals surface area contributed by atoms with Gasteiger partial charge in [0.25, 0.3) is 0 Å². The predicted octanol–water partition coefficient (Wildman–Crippen LogP) is 0.655. The number of nitrogens with one attached hydrogen (secondary N) is 2. The SMILES string of the molecule is CCNC(=O)CNC1CCCC1. The van der Waals surface area contributed by atoms with Crippen LogP contribution in [-0.2, 0) is 4.79 Å². The first-order valence-corrected chi connectivity index (χ1v) is 4.83. The fourth-order valence-electron chi connectivity index (χ4n) is 1.63. The summed E-state index contributed by atoms with van der Waals surface area (Å²) in [5.41, 5.74) is 0. The average Bonchev–Trinajstić information content (AvgIpc) is 2.53. The molecule has 0 unspecified atom stereocenters. The van der Waals surface area contributed by atoms with E-state index in [4.69, 9.17) is 0 Å². The lowest BCUT2D eigenvalue weighted by Crippen LogP contribution is -2.37. The Kier molecular flexibility index (Phi) is 4.08. The van der Waals surface area contributed by atoms with Gasteiger partial charge in [-0.3, -0.25) is 4.79 Å². The summed E-state index contributed by atoms with van der Waals surface area (Å²) in [5, 5.41) is 6.02. The van der Waals surface area contributed by atoms with Crippen LogP contribution in [-0.4, -0.2) is 25.0 Å². The maximum absolute atomic E-state index is 11.0. The summed E-state index contributed by atoms with van der Waals surface area (Å²) in [6.45, 7) is 3.15. The van der Waals surface area contributed by atoms with Gasteiger partial charge in [-0.15, -0.1) is 0 Å². The van der Waals surface area contributed by atoms with Gasteiger partial charge in [0.15, 0.2) is 0 Å². The van der Waals surface area contributed by atoms with Crippen molar-refractivity contribution in [2.75, 3.05) is 13.1 Å². The number of rotatable bonds is 4. The molecule has 1 aliphatic carbocycles. The summed E-state index contributed by atoms with van der Waals surface area (Å²) < 4.78 is 0. The van der Waals surface area contributed by atoms with Crippen molar-refractivity contribution in [1.82, 2.24) is 10.6 Å². The first kappa shape index (κ1) is 9.52. The van der Waals surface area contributed by atoms with E-state index >= 15 is 0 Å². The Morgan fingerprint density at radius 2 is 2.08 bits per heavy atom. The summed E-state index contributed by atoms with van der Waals surface area (Å²) in [6, 6.07) is 0.590. The molecule has 1 rings (SSSR count). The van der Waals surface area contributed by atoms with Crippen LogP contribution < -0.4 is 10.6 Å². The van der Waals surface area contributed by atoms with Gasteiger partial charge in [0, 0.05) is 12.6 Å². The molecule has 0 saturated heterocycles. The van der Waals surface area contributed by atoms with Gasteiger partial charge in [-0.2, -0.15) is 0 Å². The predicted molar refractivity (Wildman–Crippen MR) is 48.9 cm³/mol.